The third kappa shape index (κ3) is 3.13. The maximum absolute atomic E-state index is 5.81. The van der Waals surface area contributed by atoms with Gasteiger partial charge in [0.2, 0.25) is 0 Å². The number of benzene rings is 1. The van der Waals surface area contributed by atoms with Crippen molar-refractivity contribution < 1.29 is 9.47 Å². The summed E-state index contributed by atoms with van der Waals surface area (Å²) in [6.45, 7) is 7.12. The molecule has 1 aromatic carbocycles. The first-order chi connectivity index (χ1) is 7.19. The van der Waals surface area contributed by atoms with Gasteiger partial charge in [0.25, 0.3) is 0 Å². The molecule has 0 saturated carbocycles. The molecule has 0 radical (unpaired) electrons. The number of hydrogen-bond acceptors (Lipinski definition) is 3. The Morgan fingerprint density at radius 3 is 2.27 bits per heavy atom. The highest BCUT2D eigenvalue weighted by Crippen LogP contribution is 2.30. The van der Waals surface area contributed by atoms with Crippen molar-refractivity contribution >= 4 is 0 Å². The van der Waals surface area contributed by atoms with Crippen molar-refractivity contribution in [2.24, 2.45) is 5.73 Å². The second kappa shape index (κ2) is 5.61. The van der Waals surface area contributed by atoms with Gasteiger partial charge in [-0.05, 0) is 38.5 Å². The molecule has 3 heteroatoms. The first-order valence-corrected chi connectivity index (χ1v) is 5.34. The van der Waals surface area contributed by atoms with Gasteiger partial charge in [0.05, 0.1) is 13.2 Å². The Balaban J connectivity index is 2.97. The molecule has 0 heterocycles. The lowest BCUT2D eigenvalue weighted by molar-refractivity contribution is 0.287. The molecule has 0 aliphatic rings. The van der Waals surface area contributed by atoms with Crippen LogP contribution in [0.1, 0.15) is 32.4 Å². The van der Waals surface area contributed by atoms with Crippen LogP contribution in [0.4, 0.5) is 0 Å². The molecule has 1 atom stereocenters. The monoisotopic (exact) mass is 209 g/mol. The third-order valence-corrected chi connectivity index (χ3v) is 2.09. The Bertz CT molecular complexity index is 310. The first kappa shape index (κ1) is 11.9. The molecule has 84 valence electrons. The van der Waals surface area contributed by atoms with Crippen molar-refractivity contribution in [2.45, 2.75) is 26.8 Å². The van der Waals surface area contributed by atoms with E-state index >= 15 is 0 Å². The van der Waals surface area contributed by atoms with E-state index in [2.05, 4.69) is 0 Å². The molecule has 2 N–H and O–H groups in total. The van der Waals surface area contributed by atoms with E-state index in [0.717, 1.165) is 17.1 Å². The first-order valence-electron chi connectivity index (χ1n) is 5.34. The van der Waals surface area contributed by atoms with E-state index in [1.165, 1.54) is 0 Å². The molecular weight excluding hydrogens is 190 g/mol. The van der Waals surface area contributed by atoms with Gasteiger partial charge in [-0.25, -0.2) is 0 Å². The molecule has 0 aliphatic heterocycles. The fourth-order valence-electron chi connectivity index (χ4n) is 1.35. The van der Waals surface area contributed by atoms with Crippen molar-refractivity contribution in [1.29, 1.82) is 0 Å². The lowest BCUT2D eigenvalue weighted by Crippen LogP contribution is -2.06. The van der Waals surface area contributed by atoms with Crippen molar-refractivity contribution in [2.75, 3.05) is 13.2 Å². The van der Waals surface area contributed by atoms with Gasteiger partial charge in [0.1, 0.15) is 0 Å². The molecule has 0 saturated heterocycles. The van der Waals surface area contributed by atoms with Gasteiger partial charge in [0.15, 0.2) is 11.5 Å². The summed E-state index contributed by atoms with van der Waals surface area (Å²) < 4.78 is 11.0. The molecule has 15 heavy (non-hydrogen) atoms. The number of hydrogen-bond donors (Lipinski definition) is 1. The number of nitrogens with two attached hydrogens (primary N) is 1. The average molecular weight is 209 g/mol. The van der Waals surface area contributed by atoms with Crippen LogP contribution in [0.2, 0.25) is 0 Å². The molecule has 1 aromatic rings. The highest BCUT2D eigenvalue weighted by molar-refractivity contribution is 5.43. The van der Waals surface area contributed by atoms with Crippen LogP contribution in [-0.2, 0) is 0 Å². The number of ether oxygens (including phenoxy) is 2. The number of rotatable bonds is 5. The minimum absolute atomic E-state index is 0.0138. The van der Waals surface area contributed by atoms with E-state index < -0.39 is 0 Å². The van der Waals surface area contributed by atoms with Gasteiger partial charge in [0, 0.05) is 6.04 Å². The van der Waals surface area contributed by atoms with E-state index in [1.54, 1.807) is 0 Å². The van der Waals surface area contributed by atoms with E-state index in [1.807, 2.05) is 39.0 Å². The molecule has 0 unspecified atom stereocenters. The van der Waals surface area contributed by atoms with Crippen LogP contribution in [0.15, 0.2) is 18.2 Å². The van der Waals surface area contributed by atoms with Crippen LogP contribution in [0, 0.1) is 0 Å². The molecule has 0 fully saturated rings. The predicted octanol–water partition coefficient (Wildman–Crippen LogP) is 2.50. The quantitative estimate of drug-likeness (QED) is 0.810. The predicted molar refractivity (Wildman–Crippen MR) is 61.4 cm³/mol. The fourth-order valence-corrected chi connectivity index (χ4v) is 1.35. The van der Waals surface area contributed by atoms with E-state index in [-0.39, 0.29) is 6.04 Å². The molecule has 0 amide bonds. The summed E-state index contributed by atoms with van der Waals surface area (Å²) in [5, 5.41) is 0. The molecule has 1 rings (SSSR count). The second-order valence-corrected chi connectivity index (χ2v) is 3.36. The summed E-state index contributed by atoms with van der Waals surface area (Å²) in [7, 11) is 0. The van der Waals surface area contributed by atoms with E-state index in [4.69, 9.17) is 15.2 Å². The Hall–Kier alpha value is -1.22. The van der Waals surface area contributed by atoms with Crippen LogP contribution >= 0.6 is 0 Å². The second-order valence-electron chi connectivity index (χ2n) is 3.36. The van der Waals surface area contributed by atoms with Crippen LogP contribution in [0.25, 0.3) is 0 Å². The van der Waals surface area contributed by atoms with Gasteiger partial charge < -0.3 is 15.2 Å². The summed E-state index contributed by atoms with van der Waals surface area (Å²) >= 11 is 0. The maximum atomic E-state index is 5.81. The third-order valence-electron chi connectivity index (χ3n) is 2.09. The van der Waals surface area contributed by atoms with E-state index in [9.17, 15) is 0 Å². The van der Waals surface area contributed by atoms with E-state index in [0.29, 0.717) is 13.2 Å². The normalized spacial score (nSPS) is 12.3. The zero-order valence-corrected chi connectivity index (χ0v) is 9.62. The Kier molecular flexibility index (Phi) is 4.43. The summed E-state index contributed by atoms with van der Waals surface area (Å²) in [6, 6.07) is 5.84. The Morgan fingerprint density at radius 2 is 1.73 bits per heavy atom. The van der Waals surface area contributed by atoms with Crippen molar-refractivity contribution in [3.05, 3.63) is 23.8 Å². The molecule has 0 bridgehead atoms. The standard InChI is InChI=1S/C12H19NO2/c1-4-14-11-7-6-10(9(3)13)8-12(11)15-5-2/h6-9H,4-5,13H2,1-3H3/t9-/m1/s1. The van der Waals surface area contributed by atoms with Crippen LogP contribution in [0.3, 0.4) is 0 Å². The van der Waals surface area contributed by atoms with Crippen molar-refractivity contribution in [3.8, 4) is 11.5 Å². The lowest BCUT2D eigenvalue weighted by Gasteiger charge is -2.13. The summed E-state index contributed by atoms with van der Waals surface area (Å²) in [6.07, 6.45) is 0. The maximum Gasteiger partial charge on any atom is 0.161 e. The molecular formula is C12H19NO2. The molecule has 0 aromatic heterocycles. The summed E-state index contributed by atoms with van der Waals surface area (Å²) in [4.78, 5) is 0. The van der Waals surface area contributed by atoms with Gasteiger partial charge in [-0.1, -0.05) is 6.07 Å². The molecule has 3 nitrogen and oxygen atoms in total. The highest BCUT2D eigenvalue weighted by Gasteiger charge is 2.07. The zero-order valence-electron chi connectivity index (χ0n) is 9.62. The largest absolute Gasteiger partial charge is 0.490 e. The van der Waals surface area contributed by atoms with Crippen molar-refractivity contribution in [3.63, 3.8) is 0 Å². The van der Waals surface area contributed by atoms with Crippen molar-refractivity contribution in [1.82, 2.24) is 0 Å². The van der Waals surface area contributed by atoms with Crippen LogP contribution in [0.5, 0.6) is 11.5 Å². The van der Waals surface area contributed by atoms with Crippen LogP contribution in [-0.4, -0.2) is 13.2 Å². The van der Waals surface area contributed by atoms with Crippen LogP contribution < -0.4 is 15.2 Å². The molecule has 0 aliphatic carbocycles. The Morgan fingerprint density at radius 1 is 1.13 bits per heavy atom. The van der Waals surface area contributed by atoms with Gasteiger partial charge in [-0.3, -0.25) is 0 Å². The average Bonchev–Trinajstić information content (AvgIpc) is 2.21. The van der Waals surface area contributed by atoms with Gasteiger partial charge in [-0.15, -0.1) is 0 Å². The zero-order chi connectivity index (χ0) is 11.3. The summed E-state index contributed by atoms with van der Waals surface area (Å²) in [5.74, 6) is 1.55. The minimum atomic E-state index is 0.0138. The smallest absolute Gasteiger partial charge is 0.161 e. The topological polar surface area (TPSA) is 44.5 Å². The summed E-state index contributed by atoms with van der Waals surface area (Å²) in [5.41, 5.74) is 6.86. The molecule has 0 spiro atoms. The highest BCUT2D eigenvalue weighted by atomic mass is 16.5. The van der Waals surface area contributed by atoms with Gasteiger partial charge >= 0.3 is 0 Å². The van der Waals surface area contributed by atoms with Gasteiger partial charge in [-0.2, -0.15) is 0 Å². The minimum Gasteiger partial charge on any atom is -0.490 e. The fraction of sp³-hybridized carbons (Fsp3) is 0.500. The lowest BCUT2D eigenvalue weighted by atomic mass is 10.1. The SMILES string of the molecule is CCOc1ccc([C@@H](C)N)cc1OCC. The Labute approximate surface area is 91.2 Å².